The average molecular weight is 334 g/mol. The number of nitrogens with zero attached hydrogens (tertiary/aromatic N) is 1. The third-order valence-corrected chi connectivity index (χ3v) is 5.12. The molecule has 1 fully saturated rings. The molecule has 0 bridgehead atoms. The predicted octanol–water partition coefficient (Wildman–Crippen LogP) is 3.90. The Kier molecular flexibility index (Phi) is 4.28. The minimum Gasteiger partial charge on any atom is -0.388 e. The van der Waals surface area contributed by atoms with Gasteiger partial charge in [-0.3, -0.25) is 4.79 Å². The number of aromatic nitrogens is 1. The number of benzene rings is 2. The fourth-order valence-corrected chi connectivity index (χ4v) is 3.76. The molecule has 128 valence electrons. The largest absolute Gasteiger partial charge is 0.388 e. The SMILES string of the molecule is O=C(c1ccc2cc[nH]c2c1)N1CCC[C@H]1C[C@@H](O)c1ccccc1. The number of likely N-dealkylation sites (tertiary alicyclic amines) is 1. The number of amides is 1. The van der Waals surface area contributed by atoms with E-state index in [1.165, 1.54) is 0 Å². The van der Waals surface area contributed by atoms with E-state index in [0.29, 0.717) is 12.0 Å². The Hall–Kier alpha value is -2.59. The van der Waals surface area contributed by atoms with Crippen LogP contribution in [-0.2, 0) is 0 Å². The number of rotatable bonds is 4. The fourth-order valence-electron chi connectivity index (χ4n) is 3.76. The molecule has 1 aromatic heterocycles. The van der Waals surface area contributed by atoms with Gasteiger partial charge in [0.05, 0.1) is 6.10 Å². The van der Waals surface area contributed by atoms with Crippen molar-refractivity contribution in [3.8, 4) is 0 Å². The van der Waals surface area contributed by atoms with E-state index in [0.717, 1.165) is 35.9 Å². The van der Waals surface area contributed by atoms with Gasteiger partial charge in [0.1, 0.15) is 0 Å². The first-order chi connectivity index (χ1) is 12.2. The fraction of sp³-hybridized carbons (Fsp3) is 0.286. The van der Waals surface area contributed by atoms with Gasteiger partial charge in [0, 0.05) is 29.9 Å². The molecule has 1 amide bonds. The monoisotopic (exact) mass is 334 g/mol. The second-order valence-corrected chi connectivity index (χ2v) is 6.74. The second-order valence-electron chi connectivity index (χ2n) is 6.74. The molecule has 1 aliphatic heterocycles. The number of nitrogens with one attached hydrogen (secondary N) is 1. The standard InChI is InChI=1S/C21H22N2O2/c24-20(16-5-2-1-3-6-16)14-18-7-4-12-23(18)21(25)17-9-8-15-10-11-22-19(15)13-17/h1-3,5-6,8-11,13,18,20,22,24H,4,7,12,14H2/t18-,20+/m0/s1. The highest BCUT2D eigenvalue weighted by molar-refractivity contribution is 5.98. The lowest BCUT2D eigenvalue weighted by molar-refractivity contribution is 0.0667. The van der Waals surface area contributed by atoms with Crippen LogP contribution in [0.25, 0.3) is 10.9 Å². The maximum absolute atomic E-state index is 13.0. The van der Waals surface area contributed by atoms with Crippen LogP contribution < -0.4 is 0 Å². The van der Waals surface area contributed by atoms with Gasteiger partial charge < -0.3 is 15.0 Å². The highest BCUT2D eigenvalue weighted by Crippen LogP contribution is 2.29. The van der Waals surface area contributed by atoms with Crippen molar-refractivity contribution in [2.75, 3.05) is 6.54 Å². The molecule has 2 atom stereocenters. The summed E-state index contributed by atoms with van der Waals surface area (Å²) in [4.78, 5) is 18.1. The van der Waals surface area contributed by atoms with Gasteiger partial charge in [-0.2, -0.15) is 0 Å². The molecule has 4 rings (SSSR count). The van der Waals surface area contributed by atoms with Gasteiger partial charge >= 0.3 is 0 Å². The van der Waals surface area contributed by atoms with E-state index in [-0.39, 0.29) is 11.9 Å². The summed E-state index contributed by atoms with van der Waals surface area (Å²) >= 11 is 0. The van der Waals surface area contributed by atoms with Crippen molar-refractivity contribution in [1.82, 2.24) is 9.88 Å². The summed E-state index contributed by atoms with van der Waals surface area (Å²) in [6.07, 6.45) is 3.86. The molecule has 3 aromatic rings. The number of fused-ring (bicyclic) bond motifs is 1. The number of aliphatic hydroxyl groups is 1. The molecule has 2 aromatic carbocycles. The van der Waals surface area contributed by atoms with Crippen LogP contribution in [0, 0.1) is 0 Å². The van der Waals surface area contributed by atoms with E-state index in [1.54, 1.807) is 0 Å². The smallest absolute Gasteiger partial charge is 0.254 e. The summed E-state index contributed by atoms with van der Waals surface area (Å²) < 4.78 is 0. The molecule has 0 aliphatic carbocycles. The lowest BCUT2D eigenvalue weighted by Gasteiger charge is -2.27. The van der Waals surface area contributed by atoms with Crippen molar-refractivity contribution >= 4 is 16.8 Å². The Morgan fingerprint density at radius 1 is 1.20 bits per heavy atom. The maximum Gasteiger partial charge on any atom is 0.254 e. The summed E-state index contributed by atoms with van der Waals surface area (Å²) in [5, 5.41) is 11.6. The van der Waals surface area contributed by atoms with Crippen molar-refractivity contribution in [3.05, 3.63) is 71.9 Å². The first-order valence-corrected chi connectivity index (χ1v) is 8.83. The zero-order valence-electron chi connectivity index (χ0n) is 14.1. The number of hydrogen-bond acceptors (Lipinski definition) is 2. The number of hydrogen-bond donors (Lipinski definition) is 2. The Bertz CT molecular complexity index is 872. The van der Waals surface area contributed by atoms with Gasteiger partial charge in [-0.1, -0.05) is 36.4 Å². The zero-order valence-corrected chi connectivity index (χ0v) is 14.1. The highest BCUT2D eigenvalue weighted by Gasteiger charge is 2.31. The van der Waals surface area contributed by atoms with Crippen LogP contribution in [0.4, 0.5) is 0 Å². The first-order valence-electron chi connectivity index (χ1n) is 8.83. The lowest BCUT2D eigenvalue weighted by atomic mass is 10.00. The van der Waals surface area contributed by atoms with Crippen molar-refractivity contribution in [2.24, 2.45) is 0 Å². The van der Waals surface area contributed by atoms with Gasteiger partial charge in [-0.05, 0) is 48.4 Å². The van der Waals surface area contributed by atoms with Crippen LogP contribution in [0.2, 0.25) is 0 Å². The summed E-state index contributed by atoms with van der Waals surface area (Å²) in [6.45, 7) is 0.758. The number of H-pyrrole nitrogens is 1. The molecule has 0 spiro atoms. The van der Waals surface area contributed by atoms with E-state index in [1.807, 2.05) is 65.7 Å². The van der Waals surface area contributed by atoms with Crippen molar-refractivity contribution in [3.63, 3.8) is 0 Å². The Balaban J connectivity index is 1.51. The predicted molar refractivity (Wildman–Crippen MR) is 98.4 cm³/mol. The lowest BCUT2D eigenvalue weighted by Crippen LogP contribution is -2.36. The normalized spacial score (nSPS) is 18.6. The molecule has 0 unspecified atom stereocenters. The van der Waals surface area contributed by atoms with Gasteiger partial charge in [0.15, 0.2) is 0 Å². The minimum absolute atomic E-state index is 0.0549. The van der Waals surface area contributed by atoms with Crippen LogP contribution in [-0.4, -0.2) is 33.5 Å². The molecule has 2 N–H and O–H groups in total. The van der Waals surface area contributed by atoms with Crippen molar-refractivity contribution in [1.29, 1.82) is 0 Å². The van der Waals surface area contributed by atoms with E-state index in [4.69, 9.17) is 0 Å². The zero-order chi connectivity index (χ0) is 17.2. The number of carbonyl (C=O) groups excluding carboxylic acids is 1. The average Bonchev–Trinajstić information content (AvgIpc) is 3.30. The molecule has 2 heterocycles. The van der Waals surface area contributed by atoms with Crippen molar-refractivity contribution in [2.45, 2.75) is 31.4 Å². The molecule has 25 heavy (non-hydrogen) atoms. The Morgan fingerprint density at radius 2 is 2.04 bits per heavy atom. The van der Waals surface area contributed by atoms with Gasteiger partial charge in [-0.25, -0.2) is 0 Å². The van der Waals surface area contributed by atoms with E-state index < -0.39 is 6.10 Å². The van der Waals surface area contributed by atoms with Crippen LogP contribution >= 0.6 is 0 Å². The summed E-state index contributed by atoms with van der Waals surface area (Å²) in [5.74, 6) is 0.0549. The Labute approximate surface area is 147 Å². The molecule has 1 aliphatic rings. The number of carbonyl (C=O) groups is 1. The van der Waals surface area contributed by atoms with Crippen LogP contribution in [0.3, 0.4) is 0 Å². The van der Waals surface area contributed by atoms with Crippen LogP contribution in [0.5, 0.6) is 0 Å². The molecule has 1 saturated heterocycles. The van der Waals surface area contributed by atoms with Gasteiger partial charge in [-0.15, -0.1) is 0 Å². The minimum atomic E-state index is -0.537. The number of aliphatic hydroxyl groups excluding tert-OH is 1. The van der Waals surface area contributed by atoms with Crippen LogP contribution in [0.15, 0.2) is 60.8 Å². The summed E-state index contributed by atoms with van der Waals surface area (Å²) in [7, 11) is 0. The first kappa shape index (κ1) is 15.9. The third kappa shape index (κ3) is 3.17. The molecule has 4 heteroatoms. The van der Waals surface area contributed by atoms with E-state index >= 15 is 0 Å². The molecular formula is C21H22N2O2. The molecular weight excluding hydrogens is 312 g/mol. The molecule has 4 nitrogen and oxygen atoms in total. The third-order valence-electron chi connectivity index (χ3n) is 5.12. The quantitative estimate of drug-likeness (QED) is 0.760. The Morgan fingerprint density at radius 3 is 2.88 bits per heavy atom. The van der Waals surface area contributed by atoms with Crippen molar-refractivity contribution < 1.29 is 9.90 Å². The number of aromatic amines is 1. The molecule has 0 radical (unpaired) electrons. The highest BCUT2D eigenvalue weighted by atomic mass is 16.3. The summed E-state index contributed by atoms with van der Waals surface area (Å²) in [6, 6.07) is 17.5. The van der Waals surface area contributed by atoms with Gasteiger partial charge in [0.2, 0.25) is 0 Å². The van der Waals surface area contributed by atoms with Crippen LogP contribution in [0.1, 0.15) is 41.3 Å². The van der Waals surface area contributed by atoms with E-state index in [9.17, 15) is 9.90 Å². The topological polar surface area (TPSA) is 56.3 Å². The second kappa shape index (κ2) is 6.73. The maximum atomic E-state index is 13.0. The summed E-state index contributed by atoms with van der Waals surface area (Å²) in [5.41, 5.74) is 2.59. The van der Waals surface area contributed by atoms with E-state index in [2.05, 4.69) is 4.98 Å². The van der Waals surface area contributed by atoms with Gasteiger partial charge in [0.25, 0.3) is 5.91 Å². The molecule has 0 saturated carbocycles.